The molecule has 4 heteroatoms. The molecule has 106 valence electrons. The number of rotatable bonds is 5. The number of nitrogens with one attached hydrogen (secondary N) is 1. The van der Waals surface area contributed by atoms with Crippen LogP contribution < -0.4 is 5.32 Å². The number of aromatic nitrogens is 1. The SMILES string of the molecule is CC(NCCn1ccc2c(C#N)cccc21)c1ccco1. The molecule has 3 aromatic rings. The van der Waals surface area contributed by atoms with Gasteiger partial charge in [-0.3, -0.25) is 0 Å². The van der Waals surface area contributed by atoms with Crippen molar-refractivity contribution in [2.45, 2.75) is 19.5 Å². The molecule has 1 unspecified atom stereocenters. The van der Waals surface area contributed by atoms with E-state index in [9.17, 15) is 0 Å². The monoisotopic (exact) mass is 279 g/mol. The summed E-state index contributed by atoms with van der Waals surface area (Å²) in [7, 11) is 0. The fourth-order valence-corrected chi connectivity index (χ4v) is 2.56. The third-order valence-corrected chi connectivity index (χ3v) is 3.71. The van der Waals surface area contributed by atoms with E-state index in [0.29, 0.717) is 0 Å². The molecule has 0 amide bonds. The molecule has 0 aliphatic rings. The lowest BCUT2D eigenvalue weighted by molar-refractivity contribution is 0.425. The van der Waals surface area contributed by atoms with Crippen LogP contribution in [0.4, 0.5) is 0 Å². The topological polar surface area (TPSA) is 53.9 Å². The smallest absolute Gasteiger partial charge is 0.120 e. The van der Waals surface area contributed by atoms with Crippen molar-refractivity contribution in [3.63, 3.8) is 0 Å². The van der Waals surface area contributed by atoms with Crippen LogP contribution in [0, 0.1) is 11.3 Å². The number of nitrogens with zero attached hydrogens (tertiary/aromatic N) is 2. The summed E-state index contributed by atoms with van der Waals surface area (Å²) in [5.41, 5.74) is 1.82. The Bertz CT molecular complexity index is 765. The van der Waals surface area contributed by atoms with Gasteiger partial charge < -0.3 is 14.3 Å². The van der Waals surface area contributed by atoms with Gasteiger partial charge in [0.25, 0.3) is 0 Å². The molecule has 0 spiro atoms. The van der Waals surface area contributed by atoms with E-state index in [-0.39, 0.29) is 6.04 Å². The van der Waals surface area contributed by atoms with Crippen LogP contribution in [-0.2, 0) is 6.54 Å². The summed E-state index contributed by atoms with van der Waals surface area (Å²) in [6, 6.07) is 14.1. The van der Waals surface area contributed by atoms with Gasteiger partial charge in [0.05, 0.1) is 23.9 Å². The van der Waals surface area contributed by atoms with E-state index in [1.54, 1.807) is 6.26 Å². The van der Waals surface area contributed by atoms with Crippen LogP contribution in [0.3, 0.4) is 0 Å². The number of nitriles is 1. The maximum absolute atomic E-state index is 9.12. The molecule has 3 rings (SSSR count). The van der Waals surface area contributed by atoms with Crippen LogP contribution in [-0.4, -0.2) is 11.1 Å². The van der Waals surface area contributed by atoms with E-state index in [0.717, 1.165) is 35.3 Å². The number of hydrogen-bond acceptors (Lipinski definition) is 3. The maximum Gasteiger partial charge on any atom is 0.120 e. The van der Waals surface area contributed by atoms with Gasteiger partial charge in [-0.25, -0.2) is 0 Å². The predicted octanol–water partition coefficient (Wildman–Crippen LogP) is 3.46. The van der Waals surface area contributed by atoms with Gasteiger partial charge in [0.1, 0.15) is 5.76 Å². The highest BCUT2D eigenvalue weighted by Gasteiger charge is 2.08. The Balaban J connectivity index is 1.68. The maximum atomic E-state index is 9.12. The molecule has 0 aliphatic heterocycles. The van der Waals surface area contributed by atoms with Crippen LogP contribution >= 0.6 is 0 Å². The van der Waals surface area contributed by atoms with Gasteiger partial charge in [0.2, 0.25) is 0 Å². The first-order chi connectivity index (χ1) is 10.3. The summed E-state index contributed by atoms with van der Waals surface area (Å²) < 4.78 is 7.54. The van der Waals surface area contributed by atoms with E-state index >= 15 is 0 Å². The molecule has 0 aliphatic carbocycles. The van der Waals surface area contributed by atoms with Gasteiger partial charge in [0, 0.05) is 30.2 Å². The molecule has 1 aromatic carbocycles. The average molecular weight is 279 g/mol. The molecule has 21 heavy (non-hydrogen) atoms. The van der Waals surface area contributed by atoms with E-state index in [1.807, 2.05) is 42.6 Å². The summed E-state index contributed by atoms with van der Waals surface area (Å²) >= 11 is 0. The lowest BCUT2D eigenvalue weighted by Gasteiger charge is -2.12. The second kappa shape index (κ2) is 5.86. The highest BCUT2D eigenvalue weighted by atomic mass is 16.3. The molecule has 0 saturated heterocycles. The second-order valence-electron chi connectivity index (χ2n) is 5.05. The van der Waals surface area contributed by atoms with E-state index in [2.05, 4.69) is 22.9 Å². The van der Waals surface area contributed by atoms with Gasteiger partial charge in [-0.15, -0.1) is 0 Å². The van der Waals surface area contributed by atoms with Crippen LogP contribution in [0.5, 0.6) is 0 Å². The van der Waals surface area contributed by atoms with E-state index < -0.39 is 0 Å². The van der Waals surface area contributed by atoms with Crippen molar-refractivity contribution < 1.29 is 4.42 Å². The molecule has 1 atom stereocenters. The Labute approximate surface area is 123 Å². The fourth-order valence-electron chi connectivity index (χ4n) is 2.56. The Hall–Kier alpha value is -2.51. The minimum absolute atomic E-state index is 0.191. The van der Waals surface area contributed by atoms with Gasteiger partial charge in [0.15, 0.2) is 0 Å². The third-order valence-electron chi connectivity index (χ3n) is 3.71. The Morgan fingerprint density at radius 3 is 2.95 bits per heavy atom. The summed E-state index contributed by atoms with van der Waals surface area (Å²) in [5, 5.41) is 13.6. The van der Waals surface area contributed by atoms with Gasteiger partial charge in [-0.05, 0) is 37.3 Å². The first-order valence-electron chi connectivity index (χ1n) is 7.04. The number of hydrogen-bond donors (Lipinski definition) is 1. The molecular formula is C17H17N3O. The van der Waals surface area contributed by atoms with Crippen LogP contribution in [0.2, 0.25) is 0 Å². The minimum Gasteiger partial charge on any atom is -0.468 e. The fraction of sp³-hybridized carbons (Fsp3) is 0.235. The zero-order chi connectivity index (χ0) is 14.7. The summed E-state index contributed by atoms with van der Waals surface area (Å²) in [6.45, 7) is 3.77. The first kappa shape index (κ1) is 13.5. The standard InChI is InChI=1S/C17H17N3O/c1-13(17-6-3-11-21-17)19-8-10-20-9-7-15-14(12-18)4-2-5-16(15)20/h2-7,9,11,13,19H,8,10H2,1H3. The average Bonchev–Trinajstić information content (AvgIpc) is 3.16. The van der Waals surface area contributed by atoms with Crippen molar-refractivity contribution in [1.29, 1.82) is 5.26 Å². The highest BCUT2D eigenvalue weighted by Crippen LogP contribution is 2.19. The predicted molar refractivity (Wildman–Crippen MR) is 81.8 cm³/mol. The van der Waals surface area contributed by atoms with Crippen LogP contribution in [0.15, 0.2) is 53.3 Å². The normalized spacial score (nSPS) is 12.4. The molecule has 0 radical (unpaired) electrons. The van der Waals surface area contributed by atoms with Crippen molar-refractivity contribution in [2.75, 3.05) is 6.54 Å². The van der Waals surface area contributed by atoms with Crippen molar-refractivity contribution in [2.24, 2.45) is 0 Å². The minimum atomic E-state index is 0.191. The van der Waals surface area contributed by atoms with E-state index in [4.69, 9.17) is 9.68 Å². The van der Waals surface area contributed by atoms with Crippen molar-refractivity contribution in [3.8, 4) is 6.07 Å². The molecule has 2 aromatic heterocycles. The Kier molecular flexibility index (Phi) is 3.76. The summed E-state index contributed by atoms with van der Waals surface area (Å²) in [4.78, 5) is 0. The Morgan fingerprint density at radius 2 is 2.19 bits per heavy atom. The zero-order valence-electron chi connectivity index (χ0n) is 11.9. The second-order valence-corrected chi connectivity index (χ2v) is 5.05. The molecule has 1 N–H and O–H groups in total. The number of benzene rings is 1. The van der Waals surface area contributed by atoms with Gasteiger partial charge in [-0.1, -0.05) is 6.07 Å². The zero-order valence-corrected chi connectivity index (χ0v) is 11.9. The molecule has 0 bridgehead atoms. The van der Waals surface area contributed by atoms with Crippen molar-refractivity contribution in [3.05, 3.63) is 60.2 Å². The Morgan fingerprint density at radius 1 is 1.29 bits per heavy atom. The summed E-state index contributed by atoms with van der Waals surface area (Å²) in [5.74, 6) is 0.944. The summed E-state index contributed by atoms with van der Waals surface area (Å²) in [6.07, 6.45) is 3.72. The number of furan rings is 1. The molecule has 2 heterocycles. The third kappa shape index (κ3) is 2.69. The molecular weight excluding hydrogens is 262 g/mol. The van der Waals surface area contributed by atoms with Crippen LogP contribution in [0.25, 0.3) is 10.9 Å². The lowest BCUT2D eigenvalue weighted by Crippen LogP contribution is -2.22. The van der Waals surface area contributed by atoms with E-state index in [1.165, 1.54) is 0 Å². The molecule has 0 saturated carbocycles. The van der Waals surface area contributed by atoms with Crippen molar-refractivity contribution >= 4 is 10.9 Å². The quantitative estimate of drug-likeness (QED) is 0.778. The van der Waals surface area contributed by atoms with Gasteiger partial charge >= 0.3 is 0 Å². The molecule has 0 fully saturated rings. The highest BCUT2D eigenvalue weighted by molar-refractivity contribution is 5.85. The van der Waals surface area contributed by atoms with Gasteiger partial charge in [-0.2, -0.15) is 5.26 Å². The number of fused-ring (bicyclic) bond motifs is 1. The lowest BCUT2D eigenvalue weighted by atomic mass is 10.1. The first-order valence-corrected chi connectivity index (χ1v) is 7.04. The van der Waals surface area contributed by atoms with Crippen LogP contribution in [0.1, 0.15) is 24.3 Å². The largest absolute Gasteiger partial charge is 0.468 e. The molecule has 4 nitrogen and oxygen atoms in total. The van der Waals surface area contributed by atoms with Crippen molar-refractivity contribution in [1.82, 2.24) is 9.88 Å².